The van der Waals surface area contributed by atoms with Gasteiger partial charge < -0.3 is 0 Å². The van der Waals surface area contributed by atoms with E-state index in [1.807, 2.05) is 6.07 Å². The van der Waals surface area contributed by atoms with Gasteiger partial charge in [0.2, 0.25) is 10.0 Å². The van der Waals surface area contributed by atoms with Gasteiger partial charge in [0, 0.05) is 12.5 Å². The Hall–Kier alpha value is -1.82. The normalized spacial score (nSPS) is 12.4. The number of aryl methyl sites for hydroxylation is 1. The maximum Gasteiger partial charge on any atom is 0.240 e. The molecule has 5 heteroatoms. The molecule has 1 rings (SSSR count). The molecule has 0 radical (unpaired) electrons. The molecule has 0 fully saturated rings. The number of terminal acetylenes is 1. The van der Waals surface area contributed by atoms with E-state index in [-0.39, 0.29) is 10.9 Å². The summed E-state index contributed by atoms with van der Waals surface area (Å²) >= 11 is 0. The molecule has 0 aliphatic carbocycles. The van der Waals surface area contributed by atoms with Crippen LogP contribution in [0.3, 0.4) is 0 Å². The fourth-order valence-electron chi connectivity index (χ4n) is 1.48. The monoisotopic (exact) mass is 262 g/mol. The lowest BCUT2D eigenvalue weighted by Crippen LogP contribution is -2.32. The third-order valence-electron chi connectivity index (χ3n) is 2.41. The number of sulfonamides is 1. The number of rotatable bonds is 4. The minimum atomic E-state index is -3.58. The third-order valence-corrected chi connectivity index (χ3v) is 4.00. The quantitative estimate of drug-likeness (QED) is 0.837. The molecule has 1 N–H and O–H groups in total. The summed E-state index contributed by atoms with van der Waals surface area (Å²) < 4.78 is 26.5. The second kappa shape index (κ2) is 5.68. The first-order valence-electron chi connectivity index (χ1n) is 5.37. The van der Waals surface area contributed by atoms with Crippen molar-refractivity contribution in [2.24, 2.45) is 0 Å². The summed E-state index contributed by atoms with van der Waals surface area (Å²) in [6.45, 7) is 3.40. The van der Waals surface area contributed by atoms with Gasteiger partial charge in [-0.25, -0.2) is 13.1 Å². The molecule has 4 nitrogen and oxygen atoms in total. The van der Waals surface area contributed by atoms with Gasteiger partial charge in [-0.05, 0) is 37.6 Å². The highest BCUT2D eigenvalue weighted by molar-refractivity contribution is 7.89. The first-order chi connectivity index (χ1) is 8.40. The van der Waals surface area contributed by atoms with Crippen LogP contribution < -0.4 is 4.72 Å². The van der Waals surface area contributed by atoms with E-state index < -0.39 is 10.0 Å². The minimum absolute atomic E-state index is 0.142. The largest absolute Gasteiger partial charge is 0.240 e. The fraction of sp³-hybridized carbons (Fsp3) is 0.308. The fourth-order valence-corrected chi connectivity index (χ4v) is 2.81. The van der Waals surface area contributed by atoms with Crippen LogP contribution in [0.4, 0.5) is 0 Å². The Morgan fingerprint density at radius 2 is 2.17 bits per heavy atom. The standard InChI is InChI=1S/C13H14N2O2S/c1-4-5-11(3)15-18(16,17)13-7-6-12(9-14)10(2)8-13/h1,6-8,11,15H,5H2,2-3H3. The molecule has 0 aliphatic heterocycles. The van der Waals surface area contributed by atoms with Crippen molar-refractivity contribution in [3.63, 3.8) is 0 Å². The molecule has 0 heterocycles. The van der Waals surface area contributed by atoms with E-state index in [0.717, 1.165) is 0 Å². The van der Waals surface area contributed by atoms with Gasteiger partial charge in [0.1, 0.15) is 0 Å². The molecule has 18 heavy (non-hydrogen) atoms. The molecule has 94 valence electrons. The first-order valence-corrected chi connectivity index (χ1v) is 6.85. The summed E-state index contributed by atoms with van der Waals surface area (Å²) in [7, 11) is -3.58. The topological polar surface area (TPSA) is 70.0 Å². The van der Waals surface area contributed by atoms with E-state index in [2.05, 4.69) is 10.6 Å². The maximum absolute atomic E-state index is 12.0. The molecule has 0 spiro atoms. The van der Waals surface area contributed by atoms with E-state index >= 15 is 0 Å². The van der Waals surface area contributed by atoms with E-state index in [1.54, 1.807) is 13.8 Å². The van der Waals surface area contributed by atoms with Crippen LogP contribution >= 0.6 is 0 Å². The average Bonchev–Trinajstić information content (AvgIpc) is 2.28. The van der Waals surface area contributed by atoms with Gasteiger partial charge >= 0.3 is 0 Å². The molecule has 1 unspecified atom stereocenters. The van der Waals surface area contributed by atoms with Crippen molar-refractivity contribution in [2.45, 2.75) is 31.2 Å². The van der Waals surface area contributed by atoms with E-state index in [0.29, 0.717) is 17.5 Å². The Bertz CT molecular complexity index is 621. The number of hydrogen-bond acceptors (Lipinski definition) is 3. The van der Waals surface area contributed by atoms with Crippen molar-refractivity contribution in [3.8, 4) is 18.4 Å². The lowest BCUT2D eigenvalue weighted by Gasteiger charge is -2.12. The highest BCUT2D eigenvalue weighted by Gasteiger charge is 2.17. The number of nitrogens with zero attached hydrogens (tertiary/aromatic N) is 1. The van der Waals surface area contributed by atoms with E-state index in [9.17, 15) is 8.42 Å². The molecule has 1 aromatic carbocycles. The second-order valence-corrected chi connectivity index (χ2v) is 5.73. The van der Waals surface area contributed by atoms with Gasteiger partial charge in [-0.15, -0.1) is 12.3 Å². The molecule has 0 saturated carbocycles. The first kappa shape index (κ1) is 14.2. The Morgan fingerprint density at radius 3 is 2.67 bits per heavy atom. The highest BCUT2D eigenvalue weighted by Crippen LogP contribution is 2.15. The smallest absolute Gasteiger partial charge is 0.207 e. The number of nitriles is 1. The van der Waals surface area contributed by atoms with Gasteiger partial charge in [0.05, 0.1) is 16.5 Å². The van der Waals surface area contributed by atoms with E-state index in [4.69, 9.17) is 11.7 Å². The van der Waals surface area contributed by atoms with Gasteiger partial charge in [-0.3, -0.25) is 0 Å². The molecular formula is C13H14N2O2S. The van der Waals surface area contributed by atoms with Crippen molar-refractivity contribution in [1.29, 1.82) is 5.26 Å². The maximum atomic E-state index is 12.0. The summed E-state index contributed by atoms with van der Waals surface area (Å²) in [6, 6.07) is 6.05. The van der Waals surface area contributed by atoms with Crippen molar-refractivity contribution in [2.75, 3.05) is 0 Å². The third kappa shape index (κ3) is 3.33. The molecule has 1 atom stereocenters. The molecule has 0 amide bonds. The van der Waals surface area contributed by atoms with Crippen LogP contribution in [0.1, 0.15) is 24.5 Å². The van der Waals surface area contributed by atoms with Crippen molar-refractivity contribution in [1.82, 2.24) is 4.72 Å². The summed E-state index contributed by atoms with van der Waals surface area (Å²) in [5, 5.41) is 8.79. The van der Waals surface area contributed by atoms with Crippen LogP contribution in [-0.2, 0) is 10.0 Å². The van der Waals surface area contributed by atoms with Crippen molar-refractivity contribution >= 4 is 10.0 Å². The van der Waals surface area contributed by atoms with Crippen molar-refractivity contribution in [3.05, 3.63) is 29.3 Å². The predicted molar refractivity (Wildman–Crippen MR) is 69.1 cm³/mol. The number of nitrogens with one attached hydrogen (secondary N) is 1. The van der Waals surface area contributed by atoms with Gasteiger partial charge in [0.25, 0.3) is 0 Å². The highest BCUT2D eigenvalue weighted by atomic mass is 32.2. The molecular weight excluding hydrogens is 248 g/mol. The SMILES string of the molecule is C#CCC(C)NS(=O)(=O)c1ccc(C#N)c(C)c1. The summed E-state index contributed by atoms with van der Waals surface area (Å²) in [4.78, 5) is 0.142. The number of hydrogen-bond donors (Lipinski definition) is 1. The lowest BCUT2D eigenvalue weighted by molar-refractivity contribution is 0.563. The zero-order valence-corrected chi connectivity index (χ0v) is 11.1. The zero-order valence-electron chi connectivity index (χ0n) is 10.3. The molecule has 1 aromatic rings. The Kier molecular flexibility index (Phi) is 4.49. The number of benzene rings is 1. The van der Waals surface area contributed by atoms with Gasteiger partial charge in [-0.1, -0.05) is 0 Å². The molecule has 0 aliphatic rings. The second-order valence-electron chi connectivity index (χ2n) is 4.02. The Labute approximate surface area is 108 Å². The van der Waals surface area contributed by atoms with Gasteiger partial charge in [0.15, 0.2) is 0 Å². The van der Waals surface area contributed by atoms with Crippen LogP contribution in [0.15, 0.2) is 23.1 Å². The summed E-state index contributed by atoms with van der Waals surface area (Å²) in [5.74, 6) is 2.40. The van der Waals surface area contributed by atoms with Crippen LogP contribution in [0.2, 0.25) is 0 Å². The Morgan fingerprint density at radius 1 is 1.50 bits per heavy atom. The Balaban J connectivity index is 3.04. The predicted octanol–water partition coefficient (Wildman–Crippen LogP) is 1.56. The zero-order chi connectivity index (χ0) is 13.8. The van der Waals surface area contributed by atoms with E-state index in [1.165, 1.54) is 18.2 Å². The molecule has 0 aromatic heterocycles. The van der Waals surface area contributed by atoms with Crippen molar-refractivity contribution < 1.29 is 8.42 Å². The summed E-state index contributed by atoms with van der Waals surface area (Å²) in [6.07, 6.45) is 5.46. The lowest BCUT2D eigenvalue weighted by atomic mass is 10.1. The van der Waals surface area contributed by atoms with Crippen LogP contribution in [0.25, 0.3) is 0 Å². The van der Waals surface area contributed by atoms with Crippen LogP contribution in [-0.4, -0.2) is 14.5 Å². The average molecular weight is 262 g/mol. The molecule has 0 saturated heterocycles. The minimum Gasteiger partial charge on any atom is -0.207 e. The van der Waals surface area contributed by atoms with Crippen LogP contribution in [0.5, 0.6) is 0 Å². The van der Waals surface area contributed by atoms with Crippen LogP contribution in [0, 0.1) is 30.6 Å². The summed E-state index contributed by atoms with van der Waals surface area (Å²) in [5.41, 5.74) is 1.09. The van der Waals surface area contributed by atoms with Gasteiger partial charge in [-0.2, -0.15) is 5.26 Å². The molecule has 0 bridgehead atoms.